The first-order chi connectivity index (χ1) is 20.3. The molecule has 1 spiro atoms. The highest BCUT2D eigenvalue weighted by Crippen LogP contribution is 2.57. The van der Waals surface area contributed by atoms with Gasteiger partial charge in [-0.15, -0.1) is 0 Å². The fraction of sp³-hybridized carbons (Fsp3) is 0.424. The molecule has 0 aromatic heterocycles. The number of cyclic esters (lactones) is 1. The largest absolute Gasteiger partial charge is 0.497 e. The fourth-order valence-corrected chi connectivity index (χ4v) is 7.10. The molecule has 2 aromatic rings. The molecule has 4 heterocycles. The number of methoxy groups -OCH3 is 1. The second-order valence-electron chi connectivity index (χ2n) is 11.5. The Morgan fingerprint density at radius 2 is 1.76 bits per heavy atom. The van der Waals surface area contributed by atoms with E-state index in [1.165, 1.54) is 4.90 Å². The van der Waals surface area contributed by atoms with Crippen LogP contribution in [0.4, 0.5) is 5.69 Å². The van der Waals surface area contributed by atoms with Gasteiger partial charge in [0.2, 0.25) is 5.91 Å². The number of benzene rings is 2. The average molecular weight is 573 g/mol. The van der Waals surface area contributed by atoms with E-state index in [0.29, 0.717) is 30.7 Å². The maximum atomic E-state index is 14.7. The smallest absolute Gasteiger partial charge is 0.313 e. The summed E-state index contributed by atoms with van der Waals surface area (Å²) in [7, 11) is 1.58. The van der Waals surface area contributed by atoms with E-state index in [9.17, 15) is 19.5 Å². The maximum Gasteiger partial charge on any atom is 0.313 e. The molecule has 2 saturated heterocycles. The summed E-state index contributed by atoms with van der Waals surface area (Å²) in [4.78, 5) is 46.0. The molecule has 6 atom stereocenters. The summed E-state index contributed by atoms with van der Waals surface area (Å²) in [5.74, 6) is -2.58. The van der Waals surface area contributed by atoms with Crippen molar-refractivity contribution in [3.63, 3.8) is 0 Å². The summed E-state index contributed by atoms with van der Waals surface area (Å²) in [5, 5.41) is 10.7. The highest BCUT2D eigenvalue weighted by Gasteiger charge is 2.75. The molecule has 9 heteroatoms. The van der Waals surface area contributed by atoms with E-state index in [0.717, 1.165) is 5.56 Å². The Morgan fingerprint density at radius 1 is 1.00 bits per heavy atom. The third kappa shape index (κ3) is 4.51. The number of rotatable bonds is 6. The van der Waals surface area contributed by atoms with Crippen molar-refractivity contribution in [3.05, 3.63) is 84.5 Å². The zero-order valence-electron chi connectivity index (χ0n) is 23.8. The van der Waals surface area contributed by atoms with Crippen LogP contribution in [0.25, 0.3) is 0 Å². The van der Waals surface area contributed by atoms with Gasteiger partial charge in [-0.1, -0.05) is 54.6 Å². The number of nitrogens with zero attached hydrogens (tertiary/aromatic N) is 2. The summed E-state index contributed by atoms with van der Waals surface area (Å²) >= 11 is 0. The standard InChI is InChI=1S/C33H36N2O7/c1-32-16-7-4-8-19-41-31(39)27(32)26-29(37)35(24(21-36)20-22-10-5-3-6-11-22)28-30(38)34(18-9-17-33(26,28)42-32)23-12-14-25(40-2)15-13-23/h3,5-7,9-17,24,26-28,36H,4,8,18-21H2,1-2H3/b16-7-/t24-,26+,27-,28?,32+,33+/m1/s1. The van der Waals surface area contributed by atoms with E-state index in [2.05, 4.69) is 0 Å². The van der Waals surface area contributed by atoms with E-state index >= 15 is 0 Å². The van der Waals surface area contributed by atoms with Crippen molar-refractivity contribution in [2.24, 2.45) is 11.8 Å². The van der Waals surface area contributed by atoms with Crippen molar-refractivity contribution in [2.75, 3.05) is 31.8 Å². The van der Waals surface area contributed by atoms with E-state index in [1.54, 1.807) is 49.3 Å². The summed E-state index contributed by atoms with van der Waals surface area (Å²) < 4.78 is 17.8. The zero-order valence-corrected chi connectivity index (χ0v) is 23.8. The summed E-state index contributed by atoms with van der Waals surface area (Å²) in [6.07, 6.45) is 9.14. The lowest BCUT2D eigenvalue weighted by Crippen LogP contribution is -2.59. The molecule has 4 aliphatic rings. The monoisotopic (exact) mass is 572 g/mol. The van der Waals surface area contributed by atoms with Gasteiger partial charge in [0.15, 0.2) is 0 Å². The minimum absolute atomic E-state index is 0.240. The number of aliphatic hydroxyl groups excluding tert-OH is 1. The van der Waals surface area contributed by atoms with Crippen molar-refractivity contribution in [3.8, 4) is 5.75 Å². The minimum atomic E-state index is -1.44. The van der Waals surface area contributed by atoms with Gasteiger partial charge in [-0.05, 0) is 56.0 Å². The van der Waals surface area contributed by atoms with Crippen molar-refractivity contribution >= 4 is 23.5 Å². The molecular formula is C33H36N2O7. The van der Waals surface area contributed by atoms with Gasteiger partial charge < -0.3 is 29.1 Å². The molecule has 0 saturated carbocycles. The van der Waals surface area contributed by atoms with Crippen LogP contribution in [0.15, 0.2) is 78.9 Å². The molecule has 1 N–H and O–H groups in total. The van der Waals surface area contributed by atoms with Gasteiger partial charge in [-0.25, -0.2) is 0 Å². The van der Waals surface area contributed by atoms with Crippen LogP contribution < -0.4 is 9.64 Å². The quantitative estimate of drug-likeness (QED) is 0.419. The molecule has 2 amide bonds. The third-order valence-corrected chi connectivity index (χ3v) is 8.99. The summed E-state index contributed by atoms with van der Waals surface area (Å²) in [6, 6.07) is 14.8. The first kappa shape index (κ1) is 28.2. The fourth-order valence-electron chi connectivity index (χ4n) is 7.10. The van der Waals surface area contributed by atoms with Gasteiger partial charge in [0.1, 0.15) is 23.3 Å². The molecule has 1 unspecified atom stereocenters. The molecule has 6 rings (SSSR count). The number of ether oxygens (including phenoxy) is 3. The molecule has 0 aliphatic carbocycles. The van der Waals surface area contributed by atoms with Crippen molar-refractivity contribution in [1.82, 2.24) is 4.90 Å². The van der Waals surface area contributed by atoms with Gasteiger partial charge in [-0.2, -0.15) is 0 Å². The number of allylic oxidation sites excluding steroid dienone is 1. The molecule has 42 heavy (non-hydrogen) atoms. The highest BCUT2D eigenvalue weighted by molar-refractivity contribution is 6.05. The number of likely N-dealkylation sites (tertiary alicyclic amines) is 1. The first-order valence-electron chi connectivity index (χ1n) is 14.5. The summed E-state index contributed by atoms with van der Waals surface area (Å²) in [6.45, 7) is 1.90. The second kappa shape index (κ2) is 11.0. The number of carbonyl (C=O) groups excluding carboxylic acids is 3. The van der Waals surface area contributed by atoms with Crippen LogP contribution >= 0.6 is 0 Å². The first-order valence-corrected chi connectivity index (χ1v) is 14.5. The minimum Gasteiger partial charge on any atom is -0.497 e. The Hall–Kier alpha value is -3.95. The number of esters is 1. The number of carbonyl (C=O) groups is 3. The Morgan fingerprint density at radius 3 is 2.48 bits per heavy atom. The third-order valence-electron chi connectivity index (χ3n) is 8.99. The Labute approximate surface area is 245 Å². The Balaban J connectivity index is 1.49. The molecule has 0 bridgehead atoms. The van der Waals surface area contributed by atoms with Crippen molar-refractivity contribution < 1.29 is 33.7 Å². The normalized spacial score (nSPS) is 32.1. The predicted octanol–water partition coefficient (Wildman–Crippen LogP) is 3.07. The van der Waals surface area contributed by atoms with Gasteiger partial charge in [0.05, 0.1) is 37.9 Å². The molecular weight excluding hydrogens is 536 g/mol. The number of hydrogen-bond donors (Lipinski definition) is 1. The van der Waals surface area contributed by atoms with E-state index in [1.807, 2.05) is 48.6 Å². The average Bonchev–Trinajstić information content (AvgIpc) is 3.35. The van der Waals surface area contributed by atoms with E-state index < -0.39 is 47.0 Å². The molecule has 2 aromatic carbocycles. The summed E-state index contributed by atoms with van der Waals surface area (Å²) in [5.41, 5.74) is -1.07. The lowest BCUT2D eigenvalue weighted by molar-refractivity contribution is -0.159. The maximum absolute atomic E-state index is 14.7. The van der Waals surface area contributed by atoms with Crippen LogP contribution in [0.1, 0.15) is 25.3 Å². The Bertz CT molecular complexity index is 1410. The van der Waals surface area contributed by atoms with Crippen LogP contribution in [0.3, 0.4) is 0 Å². The Kier molecular flexibility index (Phi) is 7.41. The van der Waals surface area contributed by atoms with Crippen LogP contribution in [0, 0.1) is 11.8 Å². The molecule has 4 aliphatic heterocycles. The SMILES string of the molecule is COc1ccc(N2CC=C[C@]34O[C@@]5(C)/C=C\CCCOC(=O)[C@H]5[C@H]3C(=O)N([C@@H](CO)Cc3ccccc3)C4C2=O)cc1. The number of aliphatic hydroxyl groups is 1. The lowest BCUT2D eigenvalue weighted by Gasteiger charge is -2.40. The molecule has 2 fully saturated rings. The molecule has 9 nitrogen and oxygen atoms in total. The number of amides is 2. The predicted molar refractivity (Wildman–Crippen MR) is 155 cm³/mol. The van der Waals surface area contributed by atoms with Crippen LogP contribution in [0.2, 0.25) is 0 Å². The van der Waals surface area contributed by atoms with Gasteiger partial charge >= 0.3 is 5.97 Å². The number of anilines is 1. The highest BCUT2D eigenvalue weighted by atomic mass is 16.6. The second-order valence-corrected chi connectivity index (χ2v) is 11.5. The van der Waals surface area contributed by atoms with Crippen LogP contribution in [-0.4, -0.2) is 77.9 Å². The molecule has 220 valence electrons. The number of hydrogen-bond acceptors (Lipinski definition) is 7. The zero-order chi connectivity index (χ0) is 29.5. The van der Waals surface area contributed by atoms with Crippen LogP contribution in [-0.2, 0) is 30.3 Å². The topological polar surface area (TPSA) is 106 Å². The van der Waals surface area contributed by atoms with Crippen molar-refractivity contribution in [1.29, 1.82) is 0 Å². The number of fused-ring (bicyclic) bond motifs is 2. The van der Waals surface area contributed by atoms with Crippen molar-refractivity contribution in [2.45, 2.75) is 49.5 Å². The van der Waals surface area contributed by atoms with Gasteiger partial charge in [0.25, 0.3) is 5.91 Å². The lowest BCUT2D eigenvalue weighted by atomic mass is 9.74. The van der Waals surface area contributed by atoms with E-state index in [-0.39, 0.29) is 25.7 Å². The molecule has 0 radical (unpaired) electrons. The van der Waals surface area contributed by atoms with E-state index in [4.69, 9.17) is 14.2 Å². The van der Waals surface area contributed by atoms with Gasteiger partial charge in [-0.3, -0.25) is 14.4 Å². The van der Waals surface area contributed by atoms with Crippen LogP contribution in [0.5, 0.6) is 5.75 Å². The van der Waals surface area contributed by atoms with Gasteiger partial charge in [0, 0.05) is 12.2 Å².